The fourth-order valence-corrected chi connectivity index (χ4v) is 2.15. The Labute approximate surface area is 99.7 Å². The van der Waals surface area contributed by atoms with Crippen LogP contribution in [-0.4, -0.2) is 33.0 Å². The van der Waals surface area contributed by atoms with E-state index in [1.165, 1.54) is 32.1 Å². The molecule has 0 aliphatic heterocycles. The van der Waals surface area contributed by atoms with E-state index in [1.54, 1.807) is 0 Å². The van der Waals surface area contributed by atoms with E-state index in [9.17, 15) is 0 Å². The quantitative estimate of drug-likeness (QED) is 0.617. The molecule has 0 aromatic heterocycles. The van der Waals surface area contributed by atoms with E-state index in [-0.39, 0.29) is 0 Å². The van der Waals surface area contributed by atoms with Crippen LogP contribution >= 0.6 is 0 Å². The van der Waals surface area contributed by atoms with Crippen LogP contribution in [-0.2, 0) is 9.47 Å². The van der Waals surface area contributed by atoms with Gasteiger partial charge in [-0.1, -0.05) is 19.3 Å². The van der Waals surface area contributed by atoms with Gasteiger partial charge in [0.1, 0.15) is 0 Å². The smallest absolute Gasteiger partial charge is 0.0494 e. The molecule has 3 nitrogen and oxygen atoms in total. The molecule has 2 N–H and O–H groups in total. The summed E-state index contributed by atoms with van der Waals surface area (Å²) in [5.74, 6) is 0.826. The van der Waals surface area contributed by atoms with Crippen LogP contribution in [0.2, 0.25) is 0 Å². The zero-order valence-corrected chi connectivity index (χ0v) is 10.5. The Balaban J connectivity index is 1.77. The molecule has 3 heteroatoms. The molecule has 1 rings (SSSR count). The summed E-state index contributed by atoms with van der Waals surface area (Å²) in [6.45, 7) is 4.13. The highest BCUT2D eigenvalue weighted by Gasteiger charge is 2.12. The lowest BCUT2D eigenvalue weighted by atomic mass is 9.90. The third-order valence-corrected chi connectivity index (χ3v) is 3.15. The summed E-state index contributed by atoms with van der Waals surface area (Å²) in [7, 11) is 0. The van der Waals surface area contributed by atoms with Gasteiger partial charge < -0.3 is 15.2 Å². The third kappa shape index (κ3) is 7.20. The van der Waals surface area contributed by atoms with E-state index in [0.717, 1.165) is 51.7 Å². The molecule has 0 bridgehead atoms. The number of rotatable bonds is 9. The fraction of sp³-hybridized carbons (Fsp3) is 1.00. The SMILES string of the molecule is NCCCOCCCOCC1CCCCC1. The molecular weight excluding hydrogens is 202 g/mol. The van der Waals surface area contributed by atoms with Gasteiger partial charge in [0.2, 0.25) is 0 Å². The van der Waals surface area contributed by atoms with Crippen LogP contribution in [0.15, 0.2) is 0 Å². The predicted molar refractivity (Wildman–Crippen MR) is 66.5 cm³/mol. The monoisotopic (exact) mass is 229 g/mol. The molecule has 0 aromatic carbocycles. The van der Waals surface area contributed by atoms with E-state index in [2.05, 4.69) is 0 Å². The van der Waals surface area contributed by atoms with Crippen molar-refractivity contribution in [2.45, 2.75) is 44.9 Å². The molecule has 0 amide bonds. The Kier molecular flexibility index (Phi) is 8.77. The van der Waals surface area contributed by atoms with Crippen LogP contribution in [0.4, 0.5) is 0 Å². The lowest BCUT2D eigenvalue weighted by Gasteiger charge is -2.21. The van der Waals surface area contributed by atoms with Gasteiger partial charge in [-0.2, -0.15) is 0 Å². The van der Waals surface area contributed by atoms with Crippen molar-refractivity contribution in [3.05, 3.63) is 0 Å². The summed E-state index contributed by atoms with van der Waals surface area (Å²) in [5.41, 5.74) is 5.37. The van der Waals surface area contributed by atoms with Gasteiger partial charge in [0.05, 0.1) is 0 Å². The Hall–Kier alpha value is -0.120. The zero-order valence-electron chi connectivity index (χ0n) is 10.5. The molecule has 1 saturated carbocycles. The average Bonchev–Trinajstić information content (AvgIpc) is 2.34. The maximum atomic E-state index is 5.67. The van der Waals surface area contributed by atoms with Crippen LogP contribution < -0.4 is 5.73 Å². The van der Waals surface area contributed by atoms with E-state index < -0.39 is 0 Å². The molecule has 96 valence electrons. The molecule has 0 heterocycles. The van der Waals surface area contributed by atoms with Crippen molar-refractivity contribution < 1.29 is 9.47 Å². The summed E-state index contributed by atoms with van der Waals surface area (Å²) < 4.78 is 11.1. The van der Waals surface area contributed by atoms with Gasteiger partial charge >= 0.3 is 0 Å². The Morgan fingerprint density at radius 3 is 2.31 bits per heavy atom. The summed E-state index contributed by atoms with van der Waals surface area (Å²) in [4.78, 5) is 0. The van der Waals surface area contributed by atoms with Crippen LogP contribution in [0.5, 0.6) is 0 Å². The minimum atomic E-state index is 0.720. The maximum Gasteiger partial charge on any atom is 0.0494 e. The van der Waals surface area contributed by atoms with Gasteiger partial charge in [-0.15, -0.1) is 0 Å². The Morgan fingerprint density at radius 2 is 1.56 bits per heavy atom. The van der Waals surface area contributed by atoms with Gasteiger partial charge in [0.25, 0.3) is 0 Å². The second kappa shape index (κ2) is 10.1. The molecule has 0 atom stereocenters. The summed E-state index contributed by atoms with van der Waals surface area (Å²) in [6.07, 6.45) is 8.93. The first-order valence-electron chi connectivity index (χ1n) is 6.79. The number of hydrogen-bond donors (Lipinski definition) is 1. The molecule has 0 unspecified atom stereocenters. The number of hydrogen-bond acceptors (Lipinski definition) is 3. The Morgan fingerprint density at radius 1 is 0.875 bits per heavy atom. The first-order chi connectivity index (χ1) is 7.93. The van der Waals surface area contributed by atoms with Crippen molar-refractivity contribution in [3.63, 3.8) is 0 Å². The van der Waals surface area contributed by atoms with E-state index in [1.807, 2.05) is 0 Å². The number of nitrogens with two attached hydrogens (primary N) is 1. The first-order valence-corrected chi connectivity index (χ1v) is 6.79. The molecular formula is C13H27NO2. The van der Waals surface area contributed by atoms with Gasteiger partial charge in [0, 0.05) is 26.4 Å². The number of ether oxygens (including phenoxy) is 2. The predicted octanol–water partition coefficient (Wildman–Crippen LogP) is 2.34. The van der Waals surface area contributed by atoms with Gasteiger partial charge in [-0.25, -0.2) is 0 Å². The van der Waals surface area contributed by atoms with Crippen LogP contribution in [0.25, 0.3) is 0 Å². The fourth-order valence-electron chi connectivity index (χ4n) is 2.15. The minimum Gasteiger partial charge on any atom is -0.381 e. The van der Waals surface area contributed by atoms with Crippen molar-refractivity contribution in [2.75, 3.05) is 33.0 Å². The molecule has 1 aliphatic rings. The molecule has 1 aliphatic carbocycles. The molecule has 0 radical (unpaired) electrons. The molecule has 1 fully saturated rings. The standard InChI is InChI=1S/C13H27NO2/c14-8-4-9-15-10-5-11-16-12-13-6-2-1-3-7-13/h13H,1-12,14H2. The summed E-state index contributed by atoms with van der Waals surface area (Å²) in [5, 5.41) is 0. The molecule has 16 heavy (non-hydrogen) atoms. The highest BCUT2D eigenvalue weighted by Crippen LogP contribution is 2.23. The lowest BCUT2D eigenvalue weighted by Crippen LogP contribution is -2.14. The zero-order chi connectivity index (χ0) is 11.5. The largest absolute Gasteiger partial charge is 0.381 e. The van der Waals surface area contributed by atoms with Gasteiger partial charge in [-0.3, -0.25) is 0 Å². The van der Waals surface area contributed by atoms with E-state index in [4.69, 9.17) is 15.2 Å². The highest BCUT2D eigenvalue weighted by molar-refractivity contribution is 4.64. The summed E-state index contributed by atoms with van der Waals surface area (Å²) in [6, 6.07) is 0. The lowest BCUT2D eigenvalue weighted by molar-refractivity contribution is 0.0582. The van der Waals surface area contributed by atoms with Crippen LogP contribution in [0.3, 0.4) is 0 Å². The third-order valence-electron chi connectivity index (χ3n) is 3.15. The topological polar surface area (TPSA) is 44.5 Å². The molecule has 0 spiro atoms. The van der Waals surface area contributed by atoms with Crippen molar-refractivity contribution in [1.29, 1.82) is 0 Å². The molecule has 0 saturated heterocycles. The Bertz CT molecular complexity index is 147. The first kappa shape index (κ1) is 13.9. The van der Waals surface area contributed by atoms with Crippen LogP contribution in [0.1, 0.15) is 44.9 Å². The van der Waals surface area contributed by atoms with Crippen LogP contribution in [0, 0.1) is 5.92 Å². The minimum absolute atomic E-state index is 0.720. The van der Waals surface area contributed by atoms with E-state index >= 15 is 0 Å². The molecule has 0 aromatic rings. The van der Waals surface area contributed by atoms with Crippen molar-refractivity contribution in [1.82, 2.24) is 0 Å². The van der Waals surface area contributed by atoms with E-state index in [0.29, 0.717) is 0 Å². The van der Waals surface area contributed by atoms with Crippen molar-refractivity contribution in [2.24, 2.45) is 11.7 Å². The second-order valence-corrected chi connectivity index (χ2v) is 4.69. The van der Waals surface area contributed by atoms with Crippen molar-refractivity contribution >= 4 is 0 Å². The summed E-state index contributed by atoms with van der Waals surface area (Å²) >= 11 is 0. The van der Waals surface area contributed by atoms with Crippen molar-refractivity contribution in [3.8, 4) is 0 Å². The average molecular weight is 229 g/mol. The van der Waals surface area contributed by atoms with Gasteiger partial charge in [0.15, 0.2) is 0 Å². The second-order valence-electron chi connectivity index (χ2n) is 4.69. The van der Waals surface area contributed by atoms with Gasteiger partial charge in [-0.05, 0) is 38.1 Å². The highest BCUT2D eigenvalue weighted by atomic mass is 16.5. The maximum absolute atomic E-state index is 5.67. The normalized spacial score (nSPS) is 17.8.